The number of aryl methyl sites for hydroxylation is 2. The molecule has 112 valence electrons. The minimum atomic E-state index is 0.232. The monoisotopic (exact) mass is 291 g/mol. The molecule has 1 aliphatic rings. The average Bonchev–Trinajstić information content (AvgIpc) is 2.76. The van der Waals surface area contributed by atoms with Crippen LogP contribution in [0.4, 0.5) is 22.7 Å². The summed E-state index contributed by atoms with van der Waals surface area (Å²) in [5.74, 6) is 0. The molecule has 3 heteroatoms. The normalized spacial score (nSPS) is 16.6. The second kappa shape index (κ2) is 5.06. The van der Waals surface area contributed by atoms with E-state index in [0.29, 0.717) is 5.69 Å². The summed E-state index contributed by atoms with van der Waals surface area (Å²) < 4.78 is 0. The summed E-state index contributed by atoms with van der Waals surface area (Å²) in [6.45, 7) is 16.0. The highest BCUT2D eigenvalue weighted by Gasteiger charge is 2.33. The van der Waals surface area contributed by atoms with Crippen LogP contribution in [0.15, 0.2) is 30.3 Å². The average molecular weight is 291 g/mol. The van der Waals surface area contributed by atoms with Crippen LogP contribution in [0, 0.1) is 27.3 Å². The first kappa shape index (κ1) is 14.5. The zero-order valence-corrected chi connectivity index (χ0v) is 13.8. The Morgan fingerprint density at radius 2 is 1.68 bits per heavy atom. The summed E-state index contributed by atoms with van der Waals surface area (Å²) in [5, 5.41) is 0. The molecule has 2 aromatic rings. The molecule has 0 radical (unpaired) electrons. The molecule has 0 fully saturated rings. The molecule has 1 atom stereocenters. The summed E-state index contributed by atoms with van der Waals surface area (Å²) in [6, 6.07) is 10.3. The largest absolute Gasteiger partial charge is 0.353 e. The molecule has 0 unspecified atom stereocenters. The van der Waals surface area contributed by atoms with Gasteiger partial charge in [-0.15, -0.1) is 0 Å². The van der Waals surface area contributed by atoms with Crippen LogP contribution in [0.3, 0.4) is 0 Å². The van der Waals surface area contributed by atoms with Gasteiger partial charge in [0.2, 0.25) is 0 Å². The first-order valence-electron chi connectivity index (χ1n) is 7.56. The Morgan fingerprint density at radius 1 is 1.00 bits per heavy atom. The van der Waals surface area contributed by atoms with Crippen LogP contribution >= 0.6 is 0 Å². The zero-order valence-electron chi connectivity index (χ0n) is 13.8. The Kier molecular flexibility index (Phi) is 3.33. The molecule has 0 spiro atoms. The van der Waals surface area contributed by atoms with Gasteiger partial charge in [-0.05, 0) is 56.5 Å². The van der Waals surface area contributed by atoms with Gasteiger partial charge in [-0.3, -0.25) is 0 Å². The molecule has 0 aromatic heterocycles. The third kappa shape index (κ3) is 1.95. The number of anilines is 3. The molecular weight excluding hydrogens is 270 g/mol. The van der Waals surface area contributed by atoms with Gasteiger partial charge in [0.25, 0.3) is 0 Å². The topological polar surface area (TPSA) is 10.8 Å². The van der Waals surface area contributed by atoms with Gasteiger partial charge in [0, 0.05) is 12.7 Å². The first-order valence-corrected chi connectivity index (χ1v) is 7.56. The fraction of sp³-hybridized carbons (Fsp3) is 0.316. The van der Waals surface area contributed by atoms with Crippen molar-refractivity contribution < 1.29 is 0 Å². The number of benzene rings is 2. The molecule has 3 nitrogen and oxygen atoms in total. The summed E-state index contributed by atoms with van der Waals surface area (Å²) in [6.07, 6.45) is 0.232. The summed E-state index contributed by atoms with van der Waals surface area (Å²) in [4.78, 5) is 8.22. The van der Waals surface area contributed by atoms with Crippen LogP contribution in [0.1, 0.15) is 23.6 Å². The van der Waals surface area contributed by atoms with Gasteiger partial charge in [0.1, 0.15) is 6.17 Å². The molecule has 1 aliphatic heterocycles. The van der Waals surface area contributed by atoms with Crippen molar-refractivity contribution in [1.29, 1.82) is 0 Å². The highest BCUT2D eigenvalue weighted by atomic mass is 15.4. The van der Waals surface area contributed by atoms with Gasteiger partial charge in [-0.25, -0.2) is 4.85 Å². The number of hydrogen-bond donors (Lipinski definition) is 0. The Bertz CT molecular complexity index is 786. The molecule has 3 rings (SSSR count). The quantitative estimate of drug-likeness (QED) is 0.677. The standard InChI is InChI=1S/C19H21N3/c1-12-7-8-13(2)19(14(12)3)22-15(4)21(6)17-10-9-16(20-5)11-18(17)22/h7-11,15H,1-4,6H3/t15-/m0/s1. The van der Waals surface area contributed by atoms with Crippen LogP contribution in [-0.4, -0.2) is 13.2 Å². The van der Waals surface area contributed by atoms with E-state index in [9.17, 15) is 0 Å². The van der Waals surface area contributed by atoms with E-state index in [1.165, 1.54) is 28.1 Å². The van der Waals surface area contributed by atoms with E-state index in [4.69, 9.17) is 6.57 Å². The van der Waals surface area contributed by atoms with E-state index >= 15 is 0 Å². The second-order valence-corrected chi connectivity index (χ2v) is 6.07. The SMILES string of the molecule is [C-]#[N+]c1ccc2c(c1)N(c1c(C)ccc(C)c1C)[C@@H](C)N2C. The van der Waals surface area contributed by atoms with Crippen LogP contribution in [-0.2, 0) is 0 Å². The third-order valence-corrected chi connectivity index (χ3v) is 4.81. The summed E-state index contributed by atoms with van der Waals surface area (Å²) in [7, 11) is 2.11. The first-order chi connectivity index (χ1) is 10.5. The van der Waals surface area contributed by atoms with Crippen molar-refractivity contribution in [3.63, 3.8) is 0 Å². The lowest BCUT2D eigenvalue weighted by molar-refractivity contribution is 0.731. The van der Waals surface area contributed by atoms with Gasteiger partial charge in [-0.1, -0.05) is 18.2 Å². The molecule has 1 heterocycles. The predicted octanol–water partition coefficient (Wildman–Crippen LogP) is 5.10. The number of hydrogen-bond acceptors (Lipinski definition) is 2. The summed E-state index contributed by atoms with van der Waals surface area (Å²) >= 11 is 0. The van der Waals surface area contributed by atoms with Gasteiger partial charge >= 0.3 is 0 Å². The molecule has 0 bridgehead atoms. The molecule has 22 heavy (non-hydrogen) atoms. The Hall–Kier alpha value is -2.47. The zero-order chi connectivity index (χ0) is 16.0. The van der Waals surface area contributed by atoms with Crippen LogP contribution in [0.2, 0.25) is 0 Å². The molecule has 0 saturated carbocycles. The summed E-state index contributed by atoms with van der Waals surface area (Å²) in [5.41, 5.74) is 8.13. The Balaban J connectivity index is 2.26. The van der Waals surface area contributed by atoms with Crippen molar-refractivity contribution in [1.82, 2.24) is 0 Å². The molecule has 0 N–H and O–H groups in total. The van der Waals surface area contributed by atoms with Gasteiger partial charge in [-0.2, -0.15) is 0 Å². The fourth-order valence-corrected chi connectivity index (χ4v) is 3.26. The molecule has 2 aromatic carbocycles. The maximum absolute atomic E-state index is 7.29. The smallest absolute Gasteiger partial charge is 0.189 e. The van der Waals surface area contributed by atoms with E-state index in [0.717, 1.165) is 5.69 Å². The molecule has 0 saturated heterocycles. The van der Waals surface area contributed by atoms with Gasteiger partial charge in [0.05, 0.1) is 17.9 Å². The van der Waals surface area contributed by atoms with Crippen molar-refractivity contribution in [3.8, 4) is 0 Å². The maximum Gasteiger partial charge on any atom is 0.189 e. The van der Waals surface area contributed by atoms with E-state index in [-0.39, 0.29) is 6.17 Å². The lowest BCUT2D eigenvalue weighted by Crippen LogP contribution is -2.36. The number of fused-ring (bicyclic) bond motifs is 1. The highest BCUT2D eigenvalue weighted by molar-refractivity contribution is 5.87. The van der Waals surface area contributed by atoms with Crippen molar-refractivity contribution in [3.05, 3.63) is 58.4 Å². The van der Waals surface area contributed by atoms with Crippen LogP contribution in [0.5, 0.6) is 0 Å². The molecule has 0 aliphatic carbocycles. The lowest BCUT2D eigenvalue weighted by atomic mass is 10.0. The van der Waals surface area contributed by atoms with E-state index in [1.807, 2.05) is 12.1 Å². The maximum atomic E-state index is 7.29. The highest BCUT2D eigenvalue weighted by Crippen LogP contribution is 2.47. The molecule has 0 amide bonds. The Morgan fingerprint density at radius 3 is 2.36 bits per heavy atom. The minimum Gasteiger partial charge on any atom is -0.353 e. The van der Waals surface area contributed by atoms with E-state index in [1.54, 1.807) is 0 Å². The van der Waals surface area contributed by atoms with E-state index in [2.05, 4.69) is 67.6 Å². The van der Waals surface area contributed by atoms with Crippen molar-refractivity contribution in [2.45, 2.75) is 33.9 Å². The second-order valence-electron chi connectivity index (χ2n) is 6.07. The van der Waals surface area contributed by atoms with Gasteiger partial charge in [0.15, 0.2) is 5.69 Å². The predicted molar refractivity (Wildman–Crippen MR) is 93.4 cm³/mol. The van der Waals surface area contributed by atoms with Crippen molar-refractivity contribution in [2.75, 3.05) is 16.8 Å². The van der Waals surface area contributed by atoms with Gasteiger partial charge < -0.3 is 9.80 Å². The lowest BCUT2D eigenvalue weighted by Gasteiger charge is -2.31. The van der Waals surface area contributed by atoms with E-state index < -0.39 is 0 Å². The van der Waals surface area contributed by atoms with Crippen molar-refractivity contribution in [2.24, 2.45) is 0 Å². The fourth-order valence-electron chi connectivity index (χ4n) is 3.26. The van der Waals surface area contributed by atoms with Crippen LogP contribution in [0.25, 0.3) is 4.85 Å². The minimum absolute atomic E-state index is 0.232. The number of nitrogens with zero attached hydrogens (tertiary/aromatic N) is 3. The third-order valence-electron chi connectivity index (χ3n) is 4.81. The van der Waals surface area contributed by atoms with Crippen LogP contribution < -0.4 is 9.80 Å². The van der Waals surface area contributed by atoms with Crippen molar-refractivity contribution >= 4 is 22.7 Å². The molecular formula is C19H21N3. The number of rotatable bonds is 1. The Labute approximate surface area is 132 Å².